The van der Waals surface area contributed by atoms with Gasteiger partial charge in [-0.1, -0.05) is 29.8 Å². The Hall–Kier alpha value is -2.86. The number of hydrogen-bond donors (Lipinski definition) is 1. The maximum atomic E-state index is 11.9. The number of carbonyl (C=O) groups excluding carboxylic acids is 3. The number of ether oxygens (including phenoxy) is 2. The molecule has 130 valence electrons. The number of esters is 2. The minimum absolute atomic E-state index is 0.141. The van der Waals surface area contributed by atoms with Crippen molar-refractivity contribution < 1.29 is 23.9 Å². The van der Waals surface area contributed by atoms with Crippen LogP contribution in [0, 0.1) is 0 Å². The summed E-state index contributed by atoms with van der Waals surface area (Å²) in [5.74, 6) is -1.72. The predicted octanol–water partition coefficient (Wildman–Crippen LogP) is 3.31. The molecule has 25 heavy (non-hydrogen) atoms. The molecule has 1 N–H and O–H groups in total. The number of benzene rings is 2. The molecule has 0 fully saturated rings. The summed E-state index contributed by atoms with van der Waals surface area (Å²) in [5.41, 5.74) is 0.835. The first-order chi connectivity index (χ1) is 12.0. The van der Waals surface area contributed by atoms with Gasteiger partial charge in [-0.2, -0.15) is 0 Å². The Labute approximate surface area is 149 Å². The van der Waals surface area contributed by atoms with Gasteiger partial charge in [0.1, 0.15) is 0 Å². The highest BCUT2D eigenvalue weighted by Crippen LogP contribution is 2.21. The fraction of sp³-hybridized carbons (Fsp3) is 0.167. The van der Waals surface area contributed by atoms with E-state index in [9.17, 15) is 14.4 Å². The molecule has 6 nitrogen and oxygen atoms in total. The van der Waals surface area contributed by atoms with Gasteiger partial charge in [0.2, 0.25) is 0 Å². The van der Waals surface area contributed by atoms with Crippen molar-refractivity contribution in [3.63, 3.8) is 0 Å². The average Bonchev–Trinajstić information content (AvgIpc) is 2.62. The Kier molecular flexibility index (Phi) is 6.54. The molecule has 0 aliphatic rings. The lowest BCUT2D eigenvalue weighted by atomic mass is 10.2. The smallest absolute Gasteiger partial charge is 0.339 e. The maximum Gasteiger partial charge on any atom is 0.339 e. The Morgan fingerprint density at radius 3 is 2.40 bits per heavy atom. The molecule has 0 heterocycles. The molecule has 1 amide bonds. The molecule has 0 unspecified atom stereocenters. The highest BCUT2D eigenvalue weighted by atomic mass is 35.5. The molecule has 0 atom stereocenters. The first-order valence-electron chi connectivity index (χ1n) is 7.50. The number of rotatable bonds is 6. The third-order valence-corrected chi connectivity index (χ3v) is 3.42. The van der Waals surface area contributed by atoms with E-state index in [1.807, 2.05) is 0 Å². The van der Waals surface area contributed by atoms with Crippen LogP contribution in [0.3, 0.4) is 0 Å². The van der Waals surface area contributed by atoms with Crippen LogP contribution in [0.25, 0.3) is 0 Å². The minimum Gasteiger partial charge on any atom is -0.462 e. The molecular weight excluding hydrogens is 346 g/mol. The van der Waals surface area contributed by atoms with Gasteiger partial charge >= 0.3 is 11.9 Å². The van der Waals surface area contributed by atoms with E-state index in [1.54, 1.807) is 37.3 Å². The summed E-state index contributed by atoms with van der Waals surface area (Å²) in [5, 5.41) is 2.75. The topological polar surface area (TPSA) is 81.7 Å². The van der Waals surface area contributed by atoms with Gasteiger partial charge in [-0.05, 0) is 37.3 Å². The second kappa shape index (κ2) is 8.84. The third kappa shape index (κ3) is 5.32. The zero-order chi connectivity index (χ0) is 18.2. The van der Waals surface area contributed by atoms with Gasteiger partial charge in [0.15, 0.2) is 6.61 Å². The molecule has 2 rings (SSSR count). The van der Waals surface area contributed by atoms with E-state index in [-0.39, 0.29) is 17.2 Å². The van der Waals surface area contributed by atoms with Gasteiger partial charge < -0.3 is 14.8 Å². The molecule has 0 aliphatic carbocycles. The van der Waals surface area contributed by atoms with Crippen LogP contribution in [0.2, 0.25) is 5.02 Å². The molecule has 0 aliphatic heterocycles. The largest absolute Gasteiger partial charge is 0.462 e. The minimum atomic E-state index is -0.598. The van der Waals surface area contributed by atoms with Crippen molar-refractivity contribution in [2.45, 2.75) is 6.92 Å². The van der Waals surface area contributed by atoms with E-state index in [1.165, 1.54) is 18.2 Å². The second-order valence-corrected chi connectivity index (χ2v) is 5.31. The van der Waals surface area contributed by atoms with Crippen molar-refractivity contribution >= 4 is 35.1 Å². The molecule has 0 spiro atoms. The van der Waals surface area contributed by atoms with Crippen molar-refractivity contribution in [2.75, 3.05) is 18.5 Å². The van der Waals surface area contributed by atoms with E-state index >= 15 is 0 Å². The summed E-state index contributed by atoms with van der Waals surface area (Å²) >= 11 is 5.95. The Bertz CT molecular complexity index is 776. The van der Waals surface area contributed by atoms with Crippen LogP contribution in [-0.2, 0) is 14.3 Å². The second-order valence-electron chi connectivity index (χ2n) is 4.91. The fourth-order valence-corrected chi connectivity index (χ4v) is 2.15. The van der Waals surface area contributed by atoms with Gasteiger partial charge in [0.05, 0.1) is 22.8 Å². The SMILES string of the molecule is CCOC(=O)c1cc(NC(=O)COC(=O)c2ccccc2)ccc1Cl. The van der Waals surface area contributed by atoms with Gasteiger partial charge in [-0.3, -0.25) is 4.79 Å². The lowest BCUT2D eigenvalue weighted by molar-refractivity contribution is -0.119. The number of carbonyl (C=O) groups is 3. The molecule has 2 aromatic carbocycles. The third-order valence-electron chi connectivity index (χ3n) is 3.09. The molecule has 0 radical (unpaired) electrons. The number of hydrogen-bond acceptors (Lipinski definition) is 5. The Morgan fingerprint density at radius 1 is 1.00 bits per heavy atom. The molecule has 7 heteroatoms. The summed E-state index contributed by atoms with van der Waals surface area (Å²) in [6.45, 7) is 1.44. The van der Waals surface area contributed by atoms with E-state index in [0.29, 0.717) is 11.3 Å². The highest BCUT2D eigenvalue weighted by Gasteiger charge is 2.14. The van der Waals surface area contributed by atoms with Gasteiger partial charge in [-0.15, -0.1) is 0 Å². The number of amides is 1. The molecule has 0 saturated heterocycles. The summed E-state index contributed by atoms with van der Waals surface area (Å²) in [7, 11) is 0. The standard InChI is InChI=1S/C18H16ClNO5/c1-2-24-18(23)14-10-13(8-9-15(14)19)20-16(21)11-25-17(22)12-6-4-3-5-7-12/h3-10H,2,11H2,1H3,(H,20,21). The van der Waals surface area contributed by atoms with Crippen LogP contribution in [0.5, 0.6) is 0 Å². The predicted molar refractivity (Wildman–Crippen MR) is 92.8 cm³/mol. The first-order valence-corrected chi connectivity index (χ1v) is 7.87. The van der Waals surface area contributed by atoms with Crippen LogP contribution >= 0.6 is 11.6 Å². The fourth-order valence-electron chi connectivity index (χ4n) is 1.95. The molecular formula is C18H16ClNO5. The average molecular weight is 362 g/mol. The van der Waals surface area contributed by atoms with Gasteiger partial charge in [-0.25, -0.2) is 9.59 Å². The van der Waals surface area contributed by atoms with Crippen molar-refractivity contribution in [3.8, 4) is 0 Å². The molecule has 0 saturated carbocycles. The van der Waals surface area contributed by atoms with Crippen molar-refractivity contribution in [3.05, 3.63) is 64.7 Å². The maximum absolute atomic E-state index is 11.9. The quantitative estimate of drug-likeness (QED) is 0.798. The van der Waals surface area contributed by atoms with E-state index < -0.39 is 24.5 Å². The van der Waals surface area contributed by atoms with Crippen LogP contribution in [0.15, 0.2) is 48.5 Å². The summed E-state index contributed by atoms with van der Waals surface area (Å²) < 4.78 is 9.82. The van der Waals surface area contributed by atoms with Crippen LogP contribution in [0.4, 0.5) is 5.69 Å². The van der Waals surface area contributed by atoms with Crippen molar-refractivity contribution in [2.24, 2.45) is 0 Å². The van der Waals surface area contributed by atoms with Crippen LogP contribution in [-0.4, -0.2) is 31.1 Å². The Morgan fingerprint density at radius 2 is 1.72 bits per heavy atom. The summed E-state index contributed by atoms with van der Waals surface area (Å²) in [6, 6.07) is 12.7. The monoisotopic (exact) mass is 361 g/mol. The lowest BCUT2D eigenvalue weighted by Crippen LogP contribution is -2.21. The van der Waals surface area contributed by atoms with Crippen LogP contribution in [0.1, 0.15) is 27.6 Å². The summed E-state index contributed by atoms with van der Waals surface area (Å²) in [6.07, 6.45) is 0. The van der Waals surface area contributed by atoms with E-state index in [2.05, 4.69) is 5.32 Å². The first kappa shape index (κ1) is 18.5. The summed E-state index contributed by atoms with van der Waals surface area (Å²) in [4.78, 5) is 35.5. The Balaban J connectivity index is 1.95. The zero-order valence-corrected chi connectivity index (χ0v) is 14.2. The lowest BCUT2D eigenvalue weighted by Gasteiger charge is -2.09. The highest BCUT2D eigenvalue weighted by molar-refractivity contribution is 6.33. The van der Waals surface area contributed by atoms with Gasteiger partial charge in [0, 0.05) is 5.69 Å². The zero-order valence-electron chi connectivity index (χ0n) is 13.5. The molecule has 0 aromatic heterocycles. The van der Waals surface area contributed by atoms with Crippen molar-refractivity contribution in [1.82, 2.24) is 0 Å². The van der Waals surface area contributed by atoms with Gasteiger partial charge in [0.25, 0.3) is 5.91 Å². The number of anilines is 1. The van der Waals surface area contributed by atoms with Crippen LogP contribution < -0.4 is 5.32 Å². The molecule has 2 aromatic rings. The van der Waals surface area contributed by atoms with E-state index in [4.69, 9.17) is 21.1 Å². The normalized spacial score (nSPS) is 10.0. The van der Waals surface area contributed by atoms with E-state index in [0.717, 1.165) is 0 Å². The number of halogens is 1. The molecule has 0 bridgehead atoms. The van der Waals surface area contributed by atoms with Crippen molar-refractivity contribution in [1.29, 1.82) is 0 Å². The number of nitrogens with one attached hydrogen (secondary N) is 1.